The number of nitrogens with one attached hydrogen (secondary N) is 1. The maximum Gasteiger partial charge on any atom is 0.331 e. The second kappa shape index (κ2) is 6.53. The van der Waals surface area contributed by atoms with Gasteiger partial charge in [-0.05, 0) is 6.07 Å². The number of benzene rings is 1. The summed E-state index contributed by atoms with van der Waals surface area (Å²) in [5.74, 6) is -2.05. The molecule has 102 valence electrons. The average molecular weight is 265 g/mol. The Balaban J connectivity index is 3.11. The highest BCUT2D eigenvalue weighted by Gasteiger charge is 2.25. The van der Waals surface area contributed by atoms with Gasteiger partial charge in [-0.25, -0.2) is 4.79 Å². The number of hydrogen-bond donors (Lipinski definition) is 2. The predicted molar refractivity (Wildman–Crippen MR) is 66.6 cm³/mol. The van der Waals surface area contributed by atoms with Crippen molar-refractivity contribution < 1.29 is 24.2 Å². The number of carboxylic acids is 1. The summed E-state index contributed by atoms with van der Waals surface area (Å²) in [6.45, 7) is 2.84. The van der Waals surface area contributed by atoms with Crippen LogP contribution >= 0.6 is 0 Å². The van der Waals surface area contributed by atoms with E-state index in [9.17, 15) is 19.5 Å². The first-order valence-corrected chi connectivity index (χ1v) is 5.75. The first-order valence-electron chi connectivity index (χ1n) is 5.75. The van der Waals surface area contributed by atoms with Crippen molar-refractivity contribution >= 4 is 17.8 Å². The highest BCUT2D eigenvalue weighted by molar-refractivity contribution is 5.85. The highest BCUT2D eigenvalue weighted by atomic mass is 16.5. The summed E-state index contributed by atoms with van der Waals surface area (Å²) in [5.41, 5.74) is 0.229. The molecule has 0 aromatic heterocycles. The van der Waals surface area contributed by atoms with E-state index < -0.39 is 23.9 Å². The van der Waals surface area contributed by atoms with Crippen LogP contribution in [0.1, 0.15) is 31.9 Å². The molecule has 0 fully saturated rings. The van der Waals surface area contributed by atoms with Crippen LogP contribution in [-0.2, 0) is 14.4 Å². The van der Waals surface area contributed by atoms with E-state index >= 15 is 0 Å². The van der Waals surface area contributed by atoms with Gasteiger partial charge >= 0.3 is 11.9 Å². The Kier molecular flexibility index (Phi) is 5.05. The quantitative estimate of drug-likeness (QED) is 0.617. The van der Waals surface area contributed by atoms with E-state index in [4.69, 9.17) is 4.74 Å². The van der Waals surface area contributed by atoms with E-state index in [-0.39, 0.29) is 17.7 Å². The maximum absolute atomic E-state index is 11.4. The number of esters is 1. The third-order valence-electron chi connectivity index (χ3n) is 2.36. The van der Waals surface area contributed by atoms with Gasteiger partial charge in [0, 0.05) is 18.9 Å². The van der Waals surface area contributed by atoms with Gasteiger partial charge in [-0.1, -0.05) is 25.1 Å². The molecule has 0 radical (unpaired) electrons. The van der Waals surface area contributed by atoms with Crippen molar-refractivity contribution in [2.24, 2.45) is 0 Å². The Morgan fingerprint density at radius 1 is 1.32 bits per heavy atom. The number of carbonyl (C=O) groups is 3. The fourth-order valence-corrected chi connectivity index (χ4v) is 1.50. The van der Waals surface area contributed by atoms with Crippen LogP contribution in [0.15, 0.2) is 24.3 Å². The molecular weight excluding hydrogens is 250 g/mol. The third-order valence-corrected chi connectivity index (χ3v) is 2.36. The number of aliphatic carboxylic acids is 1. The molecule has 0 saturated carbocycles. The zero-order chi connectivity index (χ0) is 14.4. The second-order valence-electron chi connectivity index (χ2n) is 3.82. The zero-order valence-electron chi connectivity index (χ0n) is 10.7. The van der Waals surface area contributed by atoms with Crippen LogP contribution in [0.3, 0.4) is 0 Å². The number of carboxylic acid groups (broad SMARTS) is 1. The molecule has 1 atom stereocenters. The standard InChI is InChI=1S/C13H15NO5/c1-3-11(16)14-12(13(17)18)9-6-4-5-7-10(9)19-8(2)15/h4-7,12H,3H2,1-2H3,(H,14,16)(H,17,18). The molecule has 0 saturated heterocycles. The minimum Gasteiger partial charge on any atom is -0.479 e. The number of rotatable bonds is 5. The van der Waals surface area contributed by atoms with Crippen LogP contribution in [0, 0.1) is 0 Å². The Morgan fingerprint density at radius 2 is 1.95 bits per heavy atom. The molecule has 0 spiro atoms. The molecule has 19 heavy (non-hydrogen) atoms. The average Bonchev–Trinajstić information content (AvgIpc) is 2.35. The molecular formula is C13H15NO5. The zero-order valence-corrected chi connectivity index (χ0v) is 10.7. The normalized spacial score (nSPS) is 11.5. The van der Waals surface area contributed by atoms with Gasteiger partial charge in [-0.15, -0.1) is 0 Å². The molecule has 1 rings (SSSR count). The van der Waals surface area contributed by atoms with Gasteiger partial charge in [-0.2, -0.15) is 0 Å². The molecule has 2 N–H and O–H groups in total. The van der Waals surface area contributed by atoms with Gasteiger partial charge in [-0.3, -0.25) is 9.59 Å². The molecule has 0 aliphatic rings. The summed E-state index contributed by atoms with van der Waals surface area (Å²) in [6, 6.07) is 4.94. The molecule has 1 amide bonds. The van der Waals surface area contributed by atoms with Crippen LogP contribution in [0.25, 0.3) is 0 Å². The number of para-hydroxylation sites is 1. The minimum atomic E-state index is -1.25. The van der Waals surface area contributed by atoms with Gasteiger partial charge in [0.1, 0.15) is 5.75 Å². The van der Waals surface area contributed by atoms with Gasteiger partial charge in [0.15, 0.2) is 6.04 Å². The summed E-state index contributed by atoms with van der Waals surface area (Å²) < 4.78 is 4.94. The molecule has 1 aromatic rings. The lowest BCUT2D eigenvalue weighted by atomic mass is 10.1. The third kappa shape index (κ3) is 4.09. The summed E-state index contributed by atoms with van der Waals surface area (Å²) in [4.78, 5) is 33.6. The summed E-state index contributed by atoms with van der Waals surface area (Å²) in [7, 11) is 0. The Hall–Kier alpha value is -2.37. The number of ether oxygens (including phenoxy) is 1. The van der Waals surface area contributed by atoms with Gasteiger partial charge in [0.05, 0.1) is 0 Å². The van der Waals surface area contributed by atoms with Gasteiger partial charge < -0.3 is 15.2 Å². The fraction of sp³-hybridized carbons (Fsp3) is 0.308. The summed E-state index contributed by atoms with van der Waals surface area (Å²) >= 11 is 0. The van der Waals surface area contributed by atoms with Crippen LogP contribution in [-0.4, -0.2) is 23.0 Å². The largest absolute Gasteiger partial charge is 0.479 e. The minimum absolute atomic E-state index is 0.124. The predicted octanol–water partition coefficient (Wildman–Crippen LogP) is 1.26. The molecule has 0 bridgehead atoms. The fourth-order valence-electron chi connectivity index (χ4n) is 1.50. The first kappa shape index (κ1) is 14.7. The Bertz CT molecular complexity index is 498. The van der Waals surface area contributed by atoms with Crippen molar-refractivity contribution in [3.63, 3.8) is 0 Å². The van der Waals surface area contributed by atoms with Crippen molar-refractivity contribution in [3.8, 4) is 5.75 Å². The highest BCUT2D eigenvalue weighted by Crippen LogP contribution is 2.25. The van der Waals surface area contributed by atoms with E-state index in [0.29, 0.717) is 0 Å². The lowest BCUT2D eigenvalue weighted by Crippen LogP contribution is -2.33. The van der Waals surface area contributed by atoms with Crippen molar-refractivity contribution in [2.45, 2.75) is 26.3 Å². The van der Waals surface area contributed by atoms with E-state index in [1.54, 1.807) is 19.1 Å². The molecule has 6 heteroatoms. The van der Waals surface area contributed by atoms with Gasteiger partial charge in [0.25, 0.3) is 0 Å². The molecule has 0 aliphatic carbocycles. The Morgan fingerprint density at radius 3 is 2.47 bits per heavy atom. The van der Waals surface area contributed by atoms with Crippen LogP contribution in [0.2, 0.25) is 0 Å². The van der Waals surface area contributed by atoms with Crippen LogP contribution in [0.5, 0.6) is 5.75 Å². The number of amides is 1. The second-order valence-corrected chi connectivity index (χ2v) is 3.82. The SMILES string of the molecule is CCC(=O)NC(C(=O)O)c1ccccc1OC(C)=O. The molecule has 0 heterocycles. The summed E-state index contributed by atoms with van der Waals surface area (Å²) in [5, 5.41) is 11.5. The van der Waals surface area contributed by atoms with Crippen molar-refractivity contribution in [2.75, 3.05) is 0 Å². The first-order chi connectivity index (χ1) is 8.95. The maximum atomic E-state index is 11.4. The molecule has 1 aromatic carbocycles. The van der Waals surface area contributed by atoms with E-state index in [1.807, 2.05) is 0 Å². The van der Waals surface area contributed by atoms with E-state index in [1.165, 1.54) is 19.1 Å². The molecule has 6 nitrogen and oxygen atoms in total. The molecule has 0 aliphatic heterocycles. The van der Waals surface area contributed by atoms with Crippen molar-refractivity contribution in [1.29, 1.82) is 0 Å². The molecule has 1 unspecified atom stereocenters. The lowest BCUT2D eigenvalue weighted by Gasteiger charge is -2.17. The van der Waals surface area contributed by atoms with Crippen LogP contribution in [0.4, 0.5) is 0 Å². The lowest BCUT2D eigenvalue weighted by molar-refractivity contribution is -0.142. The summed E-state index contributed by atoms with van der Waals surface area (Å²) in [6.07, 6.45) is 0.166. The topological polar surface area (TPSA) is 92.7 Å². The van der Waals surface area contributed by atoms with Crippen molar-refractivity contribution in [3.05, 3.63) is 29.8 Å². The number of hydrogen-bond acceptors (Lipinski definition) is 4. The number of carbonyl (C=O) groups excluding carboxylic acids is 2. The monoisotopic (exact) mass is 265 g/mol. The van der Waals surface area contributed by atoms with Crippen LogP contribution < -0.4 is 10.1 Å². The van der Waals surface area contributed by atoms with E-state index in [0.717, 1.165) is 0 Å². The van der Waals surface area contributed by atoms with Crippen molar-refractivity contribution in [1.82, 2.24) is 5.32 Å². The van der Waals surface area contributed by atoms with Gasteiger partial charge in [0.2, 0.25) is 5.91 Å². The Labute approximate surface area is 110 Å². The smallest absolute Gasteiger partial charge is 0.331 e. The van der Waals surface area contributed by atoms with E-state index in [2.05, 4.69) is 5.32 Å².